The summed E-state index contributed by atoms with van der Waals surface area (Å²) in [6.07, 6.45) is -10.4. The van der Waals surface area contributed by atoms with E-state index >= 15 is 0 Å². The predicted octanol–water partition coefficient (Wildman–Crippen LogP) is 5.14. The van der Waals surface area contributed by atoms with Crippen LogP contribution in [0.1, 0.15) is 26.3 Å². The second-order valence-electron chi connectivity index (χ2n) is 8.81. The number of nitrogens with one attached hydrogen (secondary N) is 2. The number of alkyl halides is 6. The van der Waals surface area contributed by atoms with Gasteiger partial charge in [0, 0.05) is 16.8 Å². The first-order valence-corrected chi connectivity index (χ1v) is 12.1. The molecule has 4 N–H and O–H groups in total. The molecular formula is C21H20ClF6N5O3S. The molecule has 0 unspecified atom stereocenters. The Hall–Kier alpha value is -3.04. The van der Waals surface area contributed by atoms with Gasteiger partial charge < -0.3 is 15.8 Å². The highest BCUT2D eigenvalue weighted by Gasteiger charge is 2.38. The Kier molecular flexibility index (Phi) is 7.47. The lowest BCUT2D eigenvalue weighted by molar-refractivity contribution is -0.275. The Morgan fingerprint density at radius 2 is 1.70 bits per heavy atom. The molecular weight excluding hydrogens is 552 g/mol. The molecule has 0 fully saturated rings. The zero-order chi connectivity index (χ0) is 28.0. The maximum absolute atomic E-state index is 14.0. The number of hydrogen-bond donors (Lipinski definition) is 3. The minimum atomic E-state index is -5.35. The quantitative estimate of drug-likeness (QED) is 0.430. The van der Waals surface area contributed by atoms with Crippen LogP contribution in [0.25, 0.3) is 11.1 Å². The zero-order valence-electron chi connectivity index (χ0n) is 19.3. The van der Waals surface area contributed by atoms with Crippen molar-refractivity contribution in [2.24, 2.45) is 15.7 Å². The van der Waals surface area contributed by atoms with Crippen LogP contribution in [0.3, 0.4) is 0 Å². The van der Waals surface area contributed by atoms with E-state index in [0.29, 0.717) is 18.2 Å². The van der Waals surface area contributed by atoms with Crippen LogP contribution in [0.15, 0.2) is 45.2 Å². The number of nitrogens with zero attached hydrogens (tertiary/aromatic N) is 2. The molecule has 0 atom stereocenters. The first-order chi connectivity index (χ1) is 16.7. The van der Waals surface area contributed by atoms with Crippen molar-refractivity contribution in [2.45, 2.75) is 43.7 Å². The topological polar surface area (TPSA) is 118 Å². The normalized spacial score (nSPS) is 14.9. The summed E-state index contributed by atoms with van der Waals surface area (Å²) in [5.41, 5.74) is 1.75. The van der Waals surface area contributed by atoms with Crippen LogP contribution in [0, 0.1) is 0 Å². The molecule has 37 heavy (non-hydrogen) atoms. The molecule has 1 heterocycles. The van der Waals surface area contributed by atoms with Gasteiger partial charge in [-0.25, -0.2) is 18.1 Å². The van der Waals surface area contributed by atoms with Crippen molar-refractivity contribution in [1.29, 1.82) is 0 Å². The Bertz CT molecular complexity index is 1380. The van der Waals surface area contributed by atoms with Crippen molar-refractivity contribution in [3.8, 4) is 16.9 Å². The van der Waals surface area contributed by atoms with Gasteiger partial charge in [0.1, 0.15) is 23.0 Å². The van der Waals surface area contributed by atoms with Crippen LogP contribution in [-0.2, 0) is 16.2 Å². The smallest absolute Gasteiger partial charge is 0.404 e. The third-order valence-corrected chi connectivity index (χ3v) is 6.58. The lowest BCUT2D eigenvalue weighted by Crippen LogP contribution is -2.40. The molecule has 8 nitrogen and oxygen atoms in total. The zero-order valence-corrected chi connectivity index (χ0v) is 20.9. The van der Waals surface area contributed by atoms with E-state index in [1.165, 1.54) is 20.8 Å². The summed E-state index contributed by atoms with van der Waals surface area (Å²) >= 11 is 6.16. The van der Waals surface area contributed by atoms with E-state index in [1.807, 2.05) is 0 Å². The van der Waals surface area contributed by atoms with Gasteiger partial charge in [0.25, 0.3) is 0 Å². The minimum absolute atomic E-state index is 0.0432. The summed E-state index contributed by atoms with van der Waals surface area (Å²) in [5.74, 6) is -1.16. The number of hydrogen-bond acceptors (Lipinski definition) is 7. The van der Waals surface area contributed by atoms with Crippen LogP contribution < -0.4 is 20.5 Å². The van der Waals surface area contributed by atoms with Crippen LogP contribution in [0.2, 0.25) is 5.02 Å². The number of aliphatic imine (C=N–C) groups is 2. The molecule has 0 bridgehead atoms. The van der Waals surface area contributed by atoms with Gasteiger partial charge in [-0.3, -0.25) is 0 Å². The number of guanidine groups is 1. The molecule has 0 aliphatic carbocycles. The summed E-state index contributed by atoms with van der Waals surface area (Å²) in [4.78, 5) is 6.77. The third kappa shape index (κ3) is 7.26. The molecule has 0 radical (unpaired) electrons. The number of amidine groups is 1. The first-order valence-electron chi connectivity index (χ1n) is 10.2. The summed E-state index contributed by atoms with van der Waals surface area (Å²) in [6.45, 7) is 4.39. The van der Waals surface area contributed by atoms with Crippen molar-refractivity contribution >= 4 is 39.1 Å². The van der Waals surface area contributed by atoms with E-state index < -0.39 is 60.5 Å². The lowest BCUT2D eigenvalue weighted by Gasteiger charge is -2.23. The van der Waals surface area contributed by atoms with Crippen molar-refractivity contribution in [2.75, 3.05) is 11.9 Å². The maximum atomic E-state index is 14.0. The number of ether oxygens (including phenoxy) is 1. The number of halogens is 7. The van der Waals surface area contributed by atoms with Gasteiger partial charge in [0.15, 0.2) is 0 Å². The fourth-order valence-corrected chi connectivity index (χ4v) is 5.16. The first kappa shape index (κ1) is 28.5. The average molecular weight is 572 g/mol. The Morgan fingerprint density at radius 3 is 2.22 bits per heavy atom. The Labute approximate surface area is 212 Å². The molecule has 2 aromatic carbocycles. The number of sulfonamides is 1. The molecule has 0 spiro atoms. The highest BCUT2D eigenvalue weighted by atomic mass is 35.5. The number of rotatable bonds is 5. The molecule has 0 saturated carbocycles. The predicted molar refractivity (Wildman–Crippen MR) is 126 cm³/mol. The third-order valence-electron chi connectivity index (χ3n) is 4.48. The summed E-state index contributed by atoms with van der Waals surface area (Å²) in [6, 6.07) is 3.87. The summed E-state index contributed by atoms with van der Waals surface area (Å²) < 4.78 is 113. The van der Waals surface area contributed by atoms with Gasteiger partial charge in [-0.2, -0.15) is 18.2 Å². The van der Waals surface area contributed by atoms with Gasteiger partial charge in [-0.15, -0.1) is 13.2 Å². The number of nitrogens with two attached hydrogens (primary N) is 1. The molecule has 0 aromatic heterocycles. The molecule has 0 saturated heterocycles. The Morgan fingerprint density at radius 1 is 1.05 bits per heavy atom. The molecule has 16 heteroatoms. The largest absolute Gasteiger partial charge is 0.573 e. The standard InChI is InChI=1S/C21H20ClF6N5O3S/c1-19(2,3)33-37(34,35)15-5-4-10(6-14(15)36-21(26,27)28)17-12(20(23,24)25)7-11(8-13(17)22)31-18-30-9-16(29)32-18/h4-8,33H,9H2,1-3H3,(H3,29,30,31,32). The Balaban J connectivity index is 2.19. The van der Waals surface area contributed by atoms with E-state index in [0.717, 1.165) is 12.1 Å². The summed E-state index contributed by atoms with van der Waals surface area (Å²) in [5, 5.41) is 2.03. The molecule has 0 amide bonds. The van der Waals surface area contributed by atoms with Crippen molar-refractivity contribution < 1.29 is 39.5 Å². The van der Waals surface area contributed by atoms with Crippen LogP contribution >= 0.6 is 11.6 Å². The van der Waals surface area contributed by atoms with Crippen LogP contribution in [-0.4, -0.2) is 38.7 Å². The fourth-order valence-electron chi connectivity index (χ4n) is 3.30. The monoisotopic (exact) mass is 571 g/mol. The fraction of sp³-hybridized carbons (Fsp3) is 0.333. The molecule has 1 aliphatic rings. The van der Waals surface area contributed by atoms with Crippen molar-refractivity contribution in [3.05, 3.63) is 40.9 Å². The summed E-state index contributed by atoms with van der Waals surface area (Å²) in [7, 11) is -4.57. The molecule has 2 aromatic rings. The average Bonchev–Trinajstić information content (AvgIpc) is 3.08. The minimum Gasteiger partial charge on any atom is -0.404 e. The van der Waals surface area contributed by atoms with Crippen LogP contribution in [0.5, 0.6) is 5.75 Å². The SMILES string of the molecule is CC(C)(C)NS(=O)(=O)c1ccc(-c2c(Cl)cc(NC3=NCC(N)=N3)cc2C(F)(F)F)cc1OC(F)(F)F. The number of benzene rings is 2. The van der Waals surface area contributed by atoms with Crippen molar-refractivity contribution in [3.63, 3.8) is 0 Å². The second-order valence-corrected chi connectivity index (χ2v) is 10.9. The van der Waals surface area contributed by atoms with E-state index in [2.05, 4.69) is 24.8 Å². The van der Waals surface area contributed by atoms with Gasteiger partial charge in [0.05, 0.1) is 10.6 Å². The van der Waals surface area contributed by atoms with Gasteiger partial charge in [-0.1, -0.05) is 17.7 Å². The van der Waals surface area contributed by atoms with E-state index in [9.17, 15) is 34.8 Å². The van der Waals surface area contributed by atoms with E-state index in [-0.39, 0.29) is 24.0 Å². The van der Waals surface area contributed by atoms with E-state index in [4.69, 9.17) is 17.3 Å². The number of anilines is 1. The van der Waals surface area contributed by atoms with E-state index in [1.54, 1.807) is 0 Å². The highest BCUT2D eigenvalue weighted by molar-refractivity contribution is 7.89. The molecule has 202 valence electrons. The molecule has 1 aliphatic heterocycles. The molecule has 3 rings (SSSR count). The van der Waals surface area contributed by atoms with Gasteiger partial charge in [0.2, 0.25) is 16.0 Å². The van der Waals surface area contributed by atoms with Gasteiger partial charge >= 0.3 is 12.5 Å². The van der Waals surface area contributed by atoms with Crippen LogP contribution in [0.4, 0.5) is 32.0 Å². The van der Waals surface area contributed by atoms with Crippen molar-refractivity contribution in [1.82, 2.24) is 4.72 Å². The maximum Gasteiger partial charge on any atom is 0.573 e. The lowest BCUT2D eigenvalue weighted by atomic mass is 9.98. The second kappa shape index (κ2) is 9.68. The highest BCUT2D eigenvalue weighted by Crippen LogP contribution is 2.45. The van der Waals surface area contributed by atoms with Gasteiger partial charge in [-0.05, 0) is 50.6 Å².